The fraction of sp³-hybridized carbons (Fsp3) is 0.467. The Labute approximate surface area is 120 Å². The predicted octanol–water partition coefficient (Wildman–Crippen LogP) is 1.99. The van der Waals surface area contributed by atoms with Gasteiger partial charge >= 0.3 is 0 Å². The Bertz CT molecular complexity index is 563. The minimum Gasteiger partial charge on any atom is -0.396 e. The van der Waals surface area contributed by atoms with Crippen molar-refractivity contribution >= 4 is 10.0 Å². The number of rotatable bonds is 5. The van der Waals surface area contributed by atoms with E-state index < -0.39 is 10.0 Å². The summed E-state index contributed by atoms with van der Waals surface area (Å²) in [5.41, 5.74) is 1.03. The first-order valence-electron chi connectivity index (χ1n) is 6.89. The number of nitrogens with one attached hydrogen (secondary N) is 1. The normalized spacial score (nSPS) is 22.9. The molecule has 0 radical (unpaired) electrons. The van der Waals surface area contributed by atoms with E-state index in [0.29, 0.717) is 6.42 Å². The van der Waals surface area contributed by atoms with Crippen LogP contribution in [0, 0.1) is 12.8 Å². The molecule has 1 aliphatic rings. The Hall–Kier alpha value is -1.17. The van der Waals surface area contributed by atoms with E-state index >= 15 is 0 Å². The number of aliphatic hydroxyl groups is 1. The second kappa shape index (κ2) is 6.52. The highest BCUT2D eigenvalue weighted by Crippen LogP contribution is 2.23. The molecule has 0 aliphatic heterocycles. The van der Waals surface area contributed by atoms with Gasteiger partial charge in [0.2, 0.25) is 10.0 Å². The van der Waals surface area contributed by atoms with Gasteiger partial charge in [-0.05, 0) is 44.2 Å². The van der Waals surface area contributed by atoms with Gasteiger partial charge in [0, 0.05) is 12.6 Å². The lowest BCUT2D eigenvalue weighted by atomic mass is 9.88. The van der Waals surface area contributed by atoms with Gasteiger partial charge < -0.3 is 5.11 Å². The molecule has 110 valence electrons. The molecular weight excluding hydrogens is 274 g/mol. The Balaban J connectivity index is 2.16. The number of aliphatic hydroxyl groups excluding tert-OH is 1. The van der Waals surface area contributed by atoms with Crippen LogP contribution in [0.15, 0.2) is 41.3 Å². The molecule has 0 spiro atoms. The molecule has 1 aromatic rings. The second-order valence-corrected chi connectivity index (χ2v) is 6.95. The van der Waals surface area contributed by atoms with E-state index in [4.69, 9.17) is 5.11 Å². The standard InChI is InChI=1S/C15H21NO3S/c1-12-6-8-14(9-7-12)20(18,19)16-15-5-3-2-4-13(15)10-11-17/h3,5-9,13,15-17H,2,4,10-11H2,1H3/t13-,15-/m1/s1. The lowest BCUT2D eigenvalue weighted by molar-refractivity contribution is 0.238. The third-order valence-corrected chi connectivity index (χ3v) is 5.15. The van der Waals surface area contributed by atoms with Crippen LogP contribution in [0.2, 0.25) is 0 Å². The Morgan fingerprint density at radius 3 is 2.65 bits per heavy atom. The van der Waals surface area contributed by atoms with Gasteiger partial charge in [0.25, 0.3) is 0 Å². The van der Waals surface area contributed by atoms with Gasteiger partial charge in [-0.15, -0.1) is 0 Å². The molecule has 2 N–H and O–H groups in total. The van der Waals surface area contributed by atoms with E-state index in [0.717, 1.165) is 18.4 Å². The monoisotopic (exact) mass is 295 g/mol. The highest BCUT2D eigenvalue weighted by molar-refractivity contribution is 7.89. The third kappa shape index (κ3) is 3.69. The largest absolute Gasteiger partial charge is 0.396 e. The molecular formula is C15H21NO3S. The first-order valence-corrected chi connectivity index (χ1v) is 8.38. The van der Waals surface area contributed by atoms with Crippen molar-refractivity contribution in [3.63, 3.8) is 0 Å². The molecule has 5 heteroatoms. The average molecular weight is 295 g/mol. The fourth-order valence-electron chi connectivity index (χ4n) is 2.48. The molecule has 0 amide bonds. The molecule has 0 saturated heterocycles. The summed E-state index contributed by atoms with van der Waals surface area (Å²) in [4.78, 5) is 0.282. The summed E-state index contributed by atoms with van der Waals surface area (Å²) >= 11 is 0. The van der Waals surface area contributed by atoms with Crippen molar-refractivity contribution in [3.05, 3.63) is 42.0 Å². The van der Waals surface area contributed by atoms with E-state index in [9.17, 15) is 8.42 Å². The zero-order valence-electron chi connectivity index (χ0n) is 11.6. The van der Waals surface area contributed by atoms with Gasteiger partial charge in [-0.1, -0.05) is 29.8 Å². The Morgan fingerprint density at radius 1 is 1.30 bits per heavy atom. The maximum Gasteiger partial charge on any atom is 0.241 e. The minimum atomic E-state index is -3.51. The van der Waals surface area contributed by atoms with Gasteiger partial charge in [-0.25, -0.2) is 13.1 Å². The van der Waals surface area contributed by atoms with Crippen molar-refractivity contribution in [1.29, 1.82) is 0 Å². The zero-order chi connectivity index (χ0) is 14.6. The molecule has 20 heavy (non-hydrogen) atoms. The van der Waals surface area contributed by atoms with Gasteiger partial charge in [0.15, 0.2) is 0 Å². The van der Waals surface area contributed by atoms with Crippen LogP contribution in [-0.2, 0) is 10.0 Å². The predicted molar refractivity (Wildman–Crippen MR) is 78.9 cm³/mol. The quantitative estimate of drug-likeness (QED) is 0.816. The first-order chi connectivity index (χ1) is 9.53. The highest BCUT2D eigenvalue weighted by atomic mass is 32.2. The number of sulfonamides is 1. The lowest BCUT2D eigenvalue weighted by Crippen LogP contribution is -2.40. The summed E-state index contributed by atoms with van der Waals surface area (Å²) in [5, 5.41) is 9.08. The molecule has 0 bridgehead atoms. The molecule has 0 heterocycles. The van der Waals surface area contributed by atoms with Crippen molar-refractivity contribution in [2.75, 3.05) is 6.61 Å². The van der Waals surface area contributed by atoms with Crippen molar-refractivity contribution in [3.8, 4) is 0 Å². The van der Waals surface area contributed by atoms with Crippen LogP contribution in [0.4, 0.5) is 0 Å². The zero-order valence-corrected chi connectivity index (χ0v) is 12.4. The number of aryl methyl sites for hydroxylation is 1. The Morgan fingerprint density at radius 2 is 2.00 bits per heavy atom. The van der Waals surface area contributed by atoms with Crippen LogP contribution >= 0.6 is 0 Å². The molecule has 2 atom stereocenters. The van der Waals surface area contributed by atoms with E-state index in [1.165, 1.54) is 0 Å². The number of hydrogen-bond acceptors (Lipinski definition) is 3. The SMILES string of the molecule is Cc1ccc(S(=O)(=O)N[C@@H]2C=CCC[C@@H]2CCO)cc1. The number of benzene rings is 1. The smallest absolute Gasteiger partial charge is 0.241 e. The third-order valence-electron chi connectivity index (χ3n) is 3.68. The van der Waals surface area contributed by atoms with E-state index in [1.807, 2.05) is 19.1 Å². The molecule has 1 aliphatic carbocycles. The molecule has 0 aromatic heterocycles. The van der Waals surface area contributed by atoms with Crippen LogP contribution in [0.5, 0.6) is 0 Å². The second-order valence-electron chi connectivity index (χ2n) is 5.24. The molecule has 0 unspecified atom stereocenters. The van der Waals surface area contributed by atoms with E-state index in [-0.39, 0.29) is 23.5 Å². The summed E-state index contributed by atoms with van der Waals surface area (Å²) in [7, 11) is -3.51. The summed E-state index contributed by atoms with van der Waals surface area (Å²) in [6.07, 6.45) is 6.35. The molecule has 4 nitrogen and oxygen atoms in total. The van der Waals surface area contributed by atoms with Crippen molar-refractivity contribution < 1.29 is 13.5 Å². The van der Waals surface area contributed by atoms with E-state index in [2.05, 4.69) is 4.72 Å². The molecule has 0 saturated carbocycles. The van der Waals surface area contributed by atoms with Gasteiger partial charge in [0.05, 0.1) is 4.90 Å². The summed E-state index contributed by atoms with van der Waals surface area (Å²) in [5.74, 6) is 0.158. The summed E-state index contributed by atoms with van der Waals surface area (Å²) in [6.45, 7) is 2.01. The van der Waals surface area contributed by atoms with Crippen molar-refractivity contribution in [2.45, 2.75) is 37.1 Å². The maximum absolute atomic E-state index is 12.4. The van der Waals surface area contributed by atoms with E-state index in [1.54, 1.807) is 24.3 Å². The van der Waals surface area contributed by atoms with Gasteiger partial charge in [0.1, 0.15) is 0 Å². The average Bonchev–Trinajstić information content (AvgIpc) is 2.41. The van der Waals surface area contributed by atoms with Gasteiger partial charge in [-0.3, -0.25) is 0 Å². The highest BCUT2D eigenvalue weighted by Gasteiger charge is 2.26. The molecule has 2 rings (SSSR count). The van der Waals surface area contributed by atoms with Crippen LogP contribution in [-0.4, -0.2) is 26.2 Å². The molecule has 0 fully saturated rings. The summed E-state index contributed by atoms with van der Waals surface area (Å²) in [6, 6.07) is 6.57. The summed E-state index contributed by atoms with van der Waals surface area (Å²) < 4.78 is 27.4. The fourth-order valence-corrected chi connectivity index (χ4v) is 3.74. The van der Waals surface area contributed by atoms with Crippen LogP contribution in [0.25, 0.3) is 0 Å². The van der Waals surface area contributed by atoms with Crippen LogP contribution in [0.1, 0.15) is 24.8 Å². The minimum absolute atomic E-state index is 0.0846. The van der Waals surface area contributed by atoms with Gasteiger partial charge in [-0.2, -0.15) is 0 Å². The lowest BCUT2D eigenvalue weighted by Gasteiger charge is -2.27. The van der Waals surface area contributed by atoms with Crippen molar-refractivity contribution in [2.24, 2.45) is 5.92 Å². The Kier molecular flexibility index (Phi) is 4.96. The van der Waals surface area contributed by atoms with Crippen LogP contribution < -0.4 is 4.72 Å². The van der Waals surface area contributed by atoms with Crippen molar-refractivity contribution in [1.82, 2.24) is 4.72 Å². The topological polar surface area (TPSA) is 66.4 Å². The number of hydrogen-bond donors (Lipinski definition) is 2. The first kappa shape index (κ1) is 15.2. The molecule has 1 aromatic carbocycles. The maximum atomic E-state index is 12.4. The number of allylic oxidation sites excluding steroid dienone is 1. The van der Waals surface area contributed by atoms with Crippen LogP contribution in [0.3, 0.4) is 0 Å².